The van der Waals surface area contributed by atoms with Crippen LogP contribution in [0, 0.1) is 5.92 Å². The molecule has 3 aromatic carbocycles. The van der Waals surface area contributed by atoms with E-state index in [2.05, 4.69) is 10.5 Å². The van der Waals surface area contributed by atoms with Crippen LogP contribution in [-0.2, 0) is 4.79 Å². The summed E-state index contributed by atoms with van der Waals surface area (Å²) in [5.41, 5.74) is 6.44. The summed E-state index contributed by atoms with van der Waals surface area (Å²) >= 11 is 0. The van der Waals surface area contributed by atoms with Crippen molar-refractivity contribution in [2.45, 2.75) is 13.8 Å². The fraction of sp³-hybridized carbons (Fsp3) is 0.167. The quantitative estimate of drug-likeness (QED) is 0.473. The molecule has 0 saturated heterocycles. The summed E-state index contributed by atoms with van der Waals surface area (Å²) in [6.45, 7) is 3.99. The Labute approximate surface area is 165 Å². The van der Waals surface area contributed by atoms with Gasteiger partial charge >= 0.3 is 0 Å². The van der Waals surface area contributed by atoms with E-state index in [4.69, 9.17) is 4.74 Å². The van der Waals surface area contributed by atoms with Crippen molar-refractivity contribution in [2.24, 2.45) is 11.0 Å². The van der Waals surface area contributed by atoms with Gasteiger partial charge in [-0.1, -0.05) is 92.7 Å². The molecule has 0 fully saturated rings. The number of hydrazone groups is 1. The van der Waals surface area contributed by atoms with Crippen LogP contribution in [0.15, 0.2) is 90.0 Å². The molecule has 28 heavy (non-hydrogen) atoms. The van der Waals surface area contributed by atoms with Crippen LogP contribution in [0.4, 0.5) is 0 Å². The average molecular weight is 372 g/mol. The molecule has 3 rings (SSSR count). The van der Waals surface area contributed by atoms with Crippen LogP contribution in [0.3, 0.4) is 0 Å². The molecule has 0 bridgehead atoms. The zero-order valence-corrected chi connectivity index (χ0v) is 16.1. The number of amides is 1. The summed E-state index contributed by atoms with van der Waals surface area (Å²) in [7, 11) is 0. The fourth-order valence-corrected chi connectivity index (χ4v) is 2.88. The molecule has 3 aromatic rings. The third-order valence-corrected chi connectivity index (χ3v) is 4.25. The van der Waals surface area contributed by atoms with E-state index in [1.807, 2.05) is 98.8 Å². The molecule has 1 amide bonds. The SMILES string of the molecule is CC(C)C(=NNC(=O)COc1ccccc1-c1ccccc1)c1ccccc1. The largest absolute Gasteiger partial charge is 0.483 e. The van der Waals surface area contributed by atoms with Gasteiger partial charge in [0.25, 0.3) is 5.91 Å². The number of ether oxygens (including phenoxy) is 1. The van der Waals surface area contributed by atoms with Crippen molar-refractivity contribution in [3.63, 3.8) is 0 Å². The van der Waals surface area contributed by atoms with E-state index < -0.39 is 0 Å². The highest BCUT2D eigenvalue weighted by atomic mass is 16.5. The van der Waals surface area contributed by atoms with Gasteiger partial charge in [0.05, 0.1) is 5.71 Å². The van der Waals surface area contributed by atoms with Crippen molar-refractivity contribution in [1.29, 1.82) is 0 Å². The molecule has 4 heteroatoms. The minimum Gasteiger partial charge on any atom is -0.483 e. The first-order valence-corrected chi connectivity index (χ1v) is 9.34. The summed E-state index contributed by atoms with van der Waals surface area (Å²) in [4.78, 5) is 12.3. The smallest absolute Gasteiger partial charge is 0.277 e. The maximum absolute atomic E-state index is 12.3. The molecule has 0 aromatic heterocycles. The van der Waals surface area contributed by atoms with Gasteiger partial charge in [0.1, 0.15) is 5.75 Å². The molecule has 4 nitrogen and oxygen atoms in total. The molecule has 0 saturated carbocycles. The Bertz CT molecular complexity index is 935. The number of nitrogens with one attached hydrogen (secondary N) is 1. The number of hydrogen-bond acceptors (Lipinski definition) is 3. The summed E-state index contributed by atoms with van der Waals surface area (Å²) in [6, 6.07) is 27.5. The highest BCUT2D eigenvalue weighted by molar-refractivity contribution is 6.02. The Balaban J connectivity index is 1.67. The zero-order chi connectivity index (χ0) is 19.8. The van der Waals surface area contributed by atoms with E-state index in [0.717, 1.165) is 22.4 Å². The first-order chi connectivity index (χ1) is 13.6. The van der Waals surface area contributed by atoms with Crippen LogP contribution < -0.4 is 10.2 Å². The van der Waals surface area contributed by atoms with Crippen molar-refractivity contribution < 1.29 is 9.53 Å². The van der Waals surface area contributed by atoms with Crippen LogP contribution in [0.1, 0.15) is 19.4 Å². The second-order valence-corrected chi connectivity index (χ2v) is 6.70. The molecule has 0 aliphatic heterocycles. The van der Waals surface area contributed by atoms with Crippen LogP contribution in [0.5, 0.6) is 5.75 Å². The second kappa shape index (κ2) is 9.51. The van der Waals surface area contributed by atoms with Crippen LogP contribution >= 0.6 is 0 Å². The van der Waals surface area contributed by atoms with E-state index in [9.17, 15) is 4.79 Å². The van der Waals surface area contributed by atoms with Gasteiger partial charge in [0.15, 0.2) is 6.61 Å². The summed E-state index contributed by atoms with van der Waals surface area (Å²) in [5.74, 6) is 0.555. The Hall–Kier alpha value is -3.40. The molecule has 0 spiro atoms. The van der Waals surface area contributed by atoms with Gasteiger partial charge < -0.3 is 4.74 Å². The molecule has 0 aliphatic carbocycles. The fourth-order valence-electron chi connectivity index (χ4n) is 2.88. The lowest BCUT2D eigenvalue weighted by Gasteiger charge is -2.12. The van der Waals surface area contributed by atoms with Crippen molar-refractivity contribution in [3.8, 4) is 16.9 Å². The number of nitrogens with zero attached hydrogens (tertiary/aromatic N) is 1. The Kier molecular flexibility index (Phi) is 6.58. The lowest BCUT2D eigenvalue weighted by atomic mass is 10.0. The molecule has 0 heterocycles. The maximum atomic E-state index is 12.3. The van der Waals surface area contributed by atoms with E-state index in [-0.39, 0.29) is 18.4 Å². The number of carbonyl (C=O) groups is 1. The van der Waals surface area contributed by atoms with Crippen LogP contribution in [0.25, 0.3) is 11.1 Å². The van der Waals surface area contributed by atoms with Crippen LogP contribution in [-0.4, -0.2) is 18.2 Å². The lowest BCUT2D eigenvalue weighted by molar-refractivity contribution is -0.123. The third-order valence-electron chi connectivity index (χ3n) is 4.25. The standard InChI is InChI=1S/C24H24N2O2/c1-18(2)24(20-13-7-4-8-14-20)26-25-23(27)17-28-22-16-10-9-15-21(22)19-11-5-3-6-12-19/h3-16,18H,17H2,1-2H3,(H,25,27). The number of benzene rings is 3. The Morgan fingerprint density at radius 1 is 0.893 bits per heavy atom. The van der Waals surface area contributed by atoms with E-state index in [1.165, 1.54) is 0 Å². The highest BCUT2D eigenvalue weighted by Crippen LogP contribution is 2.29. The normalized spacial score (nSPS) is 11.3. The average Bonchev–Trinajstić information content (AvgIpc) is 2.74. The van der Waals surface area contributed by atoms with Crippen molar-refractivity contribution in [3.05, 3.63) is 90.5 Å². The molecule has 1 N–H and O–H groups in total. The summed E-state index contributed by atoms with van der Waals surface area (Å²) < 4.78 is 5.77. The topological polar surface area (TPSA) is 50.7 Å². The van der Waals surface area contributed by atoms with Crippen molar-refractivity contribution in [2.75, 3.05) is 6.61 Å². The first-order valence-electron chi connectivity index (χ1n) is 9.34. The Morgan fingerprint density at radius 2 is 1.50 bits per heavy atom. The van der Waals surface area contributed by atoms with Gasteiger partial charge in [-0.2, -0.15) is 5.10 Å². The van der Waals surface area contributed by atoms with Gasteiger partial charge in [0.2, 0.25) is 0 Å². The third kappa shape index (κ3) is 5.07. The van der Waals surface area contributed by atoms with Crippen molar-refractivity contribution in [1.82, 2.24) is 5.43 Å². The summed E-state index contributed by atoms with van der Waals surface area (Å²) in [5, 5.41) is 4.32. The molecular weight excluding hydrogens is 348 g/mol. The van der Waals surface area contributed by atoms with Gasteiger partial charge in [-0.05, 0) is 23.1 Å². The molecular formula is C24H24N2O2. The molecule has 0 atom stereocenters. The first kappa shape index (κ1) is 19.4. The van der Waals surface area contributed by atoms with Crippen LogP contribution in [0.2, 0.25) is 0 Å². The maximum Gasteiger partial charge on any atom is 0.277 e. The molecule has 142 valence electrons. The molecule has 0 radical (unpaired) electrons. The number of para-hydroxylation sites is 1. The summed E-state index contributed by atoms with van der Waals surface area (Å²) in [6.07, 6.45) is 0. The molecule has 0 unspecified atom stereocenters. The van der Waals surface area contributed by atoms with Gasteiger partial charge in [-0.25, -0.2) is 5.43 Å². The number of hydrogen-bond donors (Lipinski definition) is 1. The monoisotopic (exact) mass is 372 g/mol. The molecule has 0 aliphatic rings. The Morgan fingerprint density at radius 3 is 2.18 bits per heavy atom. The van der Waals surface area contributed by atoms with Gasteiger partial charge in [0, 0.05) is 5.56 Å². The predicted octanol–water partition coefficient (Wildman–Crippen LogP) is 4.91. The van der Waals surface area contributed by atoms with Gasteiger partial charge in [-0.3, -0.25) is 4.79 Å². The second-order valence-electron chi connectivity index (χ2n) is 6.70. The minimum atomic E-state index is -0.294. The lowest BCUT2D eigenvalue weighted by Crippen LogP contribution is -2.27. The predicted molar refractivity (Wildman–Crippen MR) is 113 cm³/mol. The number of rotatable bonds is 7. The zero-order valence-electron chi connectivity index (χ0n) is 16.1. The number of carbonyl (C=O) groups excluding carboxylic acids is 1. The minimum absolute atomic E-state index is 0.104. The van der Waals surface area contributed by atoms with E-state index in [1.54, 1.807) is 0 Å². The van der Waals surface area contributed by atoms with E-state index >= 15 is 0 Å². The van der Waals surface area contributed by atoms with Gasteiger partial charge in [-0.15, -0.1) is 0 Å². The highest BCUT2D eigenvalue weighted by Gasteiger charge is 2.11. The van der Waals surface area contributed by atoms with Crippen molar-refractivity contribution >= 4 is 11.6 Å². The van der Waals surface area contributed by atoms with E-state index in [0.29, 0.717) is 5.75 Å².